The summed E-state index contributed by atoms with van der Waals surface area (Å²) in [6.07, 6.45) is 4.26. The van der Waals surface area contributed by atoms with E-state index in [0.29, 0.717) is 12.1 Å². The summed E-state index contributed by atoms with van der Waals surface area (Å²) in [4.78, 5) is 8.65. The molecule has 1 N–H and O–H groups in total. The molecule has 110 valence electrons. The predicted octanol–water partition coefficient (Wildman–Crippen LogP) is 2.50. The maximum atomic E-state index is 4.69. The molecule has 3 aromatic rings. The number of nitrogens with one attached hydrogen (secondary N) is 1. The largest absolute Gasteiger partial charge is 0.310 e. The van der Waals surface area contributed by atoms with E-state index < -0.39 is 0 Å². The van der Waals surface area contributed by atoms with Gasteiger partial charge in [0.25, 0.3) is 0 Å². The van der Waals surface area contributed by atoms with Gasteiger partial charge in [-0.3, -0.25) is 4.68 Å². The Bertz CT molecular complexity index is 658. The van der Waals surface area contributed by atoms with E-state index in [2.05, 4.69) is 52.4 Å². The predicted molar refractivity (Wildman–Crippen MR) is 85.4 cm³/mol. The van der Waals surface area contributed by atoms with Gasteiger partial charge in [-0.1, -0.05) is 12.1 Å². The minimum Gasteiger partial charge on any atom is -0.310 e. The molecule has 2 heterocycles. The van der Waals surface area contributed by atoms with E-state index in [4.69, 9.17) is 0 Å². The van der Waals surface area contributed by atoms with Crippen molar-refractivity contribution >= 4 is 21.6 Å². The first-order valence-corrected chi connectivity index (χ1v) is 7.95. The van der Waals surface area contributed by atoms with E-state index in [1.54, 1.807) is 24.0 Å². The summed E-state index contributed by atoms with van der Waals surface area (Å²) in [6.45, 7) is 5.19. The second kappa shape index (κ2) is 6.32. The minimum absolute atomic E-state index is 0.344. The zero-order valence-electron chi connectivity index (χ0n) is 12.2. The molecule has 2 aromatic heterocycles. The Morgan fingerprint density at radius 3 is 2.86 bits per heavy atom. The highest BCUT2D eigenvalue weighted by Gasteiger charge is 2.11. The zero-order valence-corrected chi connectivity index (χ0v) is 13.0. The van der Waals surface area contributed by atoms with E-state index in [1.807, 2.05) is 10.7 Å². The molecule has 0 saturated heterocycles. The van der Waals surface area contributed by atoms with Gasteiger partial charge in [0.05, 0.1) is 21.8 Å². The molecule has 21 heavy (non-hydrogen) atoms. The fourth-order valence-corrected chi connectivity index (χ4v) is 3.57. The van der Waals surface area contributed by atoms with Crippen LogP contribution in [-0.2, 0) is 13.0 Å². The van der Waals surface area contributed by atoms with Gasteiger partial charge >= 0.3 is 0 Å². The summed E-state index contributed by atoms with van der Waals surface area (Å²) in [5, 5.41) is 8.90. The highest BCUT2D eigenvalue weighted by molar-refractivity contribution is 7.18. The summed E-state index contributed by atoms with van der Waals surface area (Å²) in [5.41, 5.74) is 1.10. The van der Waals surface area contributed by atoms with Crippen LogP contribution < -0.4 is 5.32 Å². The first-order chi connectivity index (χ1) is 10.2. The third-order valence-corrected chi connectivity index (χ3v) is 4.37. The summed E-state index contributed by atoms with van der Waals surface area (Å²) >= 11 is 1.78. The number of benzene rings is 1. The van der Waals surface area contributed by atoms with Gasteiger partial charge in [0, 0.05) is 18.5 Å². The molecule has 0 amide bonds. The van der Waals surface area contributed by atoms with Gasteiger partial charge in [-0.15, -0.1) is 11.3 Å². The first-order valence-electron chi connectivity index (χ1n) is 7.13. The third kappa shape index (κ3) is 3.65. The van der Waals surface area contributed by atoms with Gasteiger partial charge in [0.15, 0.2) is 0 Å². The van der Waals surface area contributed by atoms with Gasteiger partial charge in [-0.25, -0.2) is 9.97 Å². The lowest BCUT2D eigenvalue weighted by atomic mass is 10.2. The van der Waals surface area contributed by atoms with Crippen molar-refractivity contribution in [2.24, 2.45) is 0 Å². The van der Waals surface area contributed by atoms with Crippen LogP contribution in [0.3, 0.4) is 0 Å². The Kier molecular flexibility index (Phi) is 4.26. The molecule has 1 aromatic carbocycles. The number of para-hydroxylation sites is 1. The molecule has 2 unspecified atom stereocenters. The van der Waals surface area contributed by atoms with Crippen LogP contribution in [-0.4, -0.2) is 31.8 Å². The lowest BCUT2D eigenvalue weighted by Crippen LogP contribution is -2.38. The quantitative estimate of drug-likeness (QED) is 0.760. The SMILES string of the molecule is CC(Cc1nc2ccccc2s1)NC(C)Cn1cncn1. The molecule has 5 nitrogen and oxygen atoms in total. The normalized spacial score (nSPS) is 14.4. The highest BCUT2D eigenvalue weighted by Crippen LogP contribution is 2.22. The number of fused-ring (bicyclic) bond motifs is 1. The van der Waals surface area contributed by atoms with Crippen molar-refractivity contribution in [3.8, 4) is 0 Å². The van der Waals surface area contributed by atoms with Gasteiger partial charge in [-0.2, -0.15) is 5.10 Å². The number of nitrogens with zero attached hydrogens (tertiary/aromatic N) is 4. The van der Waals surface area contributed by atoms with Crippen LogP contribution in [0.2, 0.25) is 0 Å². The molecule has 3 rings (SSSR count). The number of hydrogen-bond donors (Lipinski definition) is 1. The molecular formula is C15H19N5S. The monoisotopic (exact) mass is 301 g/mol. The molecule has 0 bridgehead atoms. The van der Waals surface area contributed by atoms with Crippen molar-refractivity contribution in [2.45, 2.75) is 38.9 Å². The third-order valence-electron chi connectivity index (χ3n) is 3.32. The van der Waals surface area contributed by atoms with Gasteiger partial charge < -0.3 is 5.32 Å². The van der Waals surface area contributed by atoms with Crippen LogP contribution in [0.4, 0.5) is 0 Å². The molecule has 0 aliphatic heterocycles. The van der Waals surface area contributed by atoms with Crippen molar-refractivity contribution in [1.82, 2.24) is 25.1 Å². The van der Waals surface area contributed by atoms with E-state index in [-0.39, 0.29) is 0 Å². The van der Waals surface area contributed by atoms with Crippen LogP contribution in [0.15, 0.2) is 36.9 Å². The van der Waals surface area contributed by atoms with Gasteiger partial charge in [0.2, 0.25) is 0 Å². The Balaban J connectivity index is 1.56. The van der Waals surface area contributed by atoms with Gasteiger partial charge in [-0.05, 0) is 26.0 Å². The Morgan fingerprint density at radius 1 is 1.24 bits per heavy atom. The fraction of sp³-hybridized carbons (Fsp3) is 0.400. The maximum absolute atomic E-state index is 4.69. The van der Waals surface area contributed by atoms with Crippen molar-refractivity contribution in [3.05, 3.63) is 41.9 Å². The van der Waals surface area contributed by atoms with Crippen molar-refractivity contribution in [2.75, 3.05) is 0 Å². The van der Waals surface area contributed by atoms with E-state index in [1.165, 1.54) is 9.71 Å². The number of aromatic nitrogens is 4. The summed E-state index contributed by atoms with van der Waals surface area (Å²) in [7, 11) is 0. The van der Waals surface area contributed by atoms with Crippen LogP contribution >= 0.6 is 11.3 Å². The standard InChI is InChI=1S/C15H19N5S/c1-11(18-12(2)8-20-10-16-9-17-20)7-15-19-13-5-3-4-6-14(13)21-15/h3-6,9-12,18H,7-8H2,1-2H3. The zero-order chi connectivity index (χ0) is 14.7. The number of rotatable bonds is 6. The van der Waals surface area contributed by atoms with Crippen LogP contribution in [0, 0.1) is 0 Å². The second-order valence-electron chi connectivity index (χ2n) is 5.37. The summed E-state index contributed by atoms with van der Waals surface area (Å²) < 4.78 is 3.11. The molecule has 0 saturated carbocycles. The topological polar surface area (TPSA) is 55.6 Å². The molecule has 2 atom stereocenters. The van der Waals surface area contributed by atoms with E-state index in [0.717, 1.165) is 18.5 Å². The van der Waals surface area contributed by atoms with Gasteiger partial charge in [0.1, 0.15) is 12.7 Å². The molecular weight excluding hydrogens is 282 g/mol. The Labute approximate surface area is 128 Å². The lowest BCUT2D eigenvalue weighted by molar-refractivity contribution is 0.405. The van der Waals surface area contributed by atoms with Crippen LogP contribution in [0.1, 0.15) is 18.9 Å². The molecule has 0 fully saturated rings. The Morgan fingerprint density at radius 2 is 2.10 bits per heavy atom. The molecule has 0 aliphatic carbocycles. The number of thiazole rings is 1. The molecule has 0 aliphatic rings. The molecule has 0 spiro atoms. The Hall–Kier alpha value is -1.79. The first kappa shape index (κ1) is 14.2. The van der Waals surface area contributed by atoms with E-state index >= 15 is 0 Å². The minimum atomic E-state index is 0.344. The molecule has 0 radical (unpaired) electrons. The molecule has 6 heteroatoms. The number of hydrogen-bond acceptors (Lipinski definition) is 5. The van der Waals surface area contributed by atoms with Crippen LogP contribution in [0.5, 0.6) is 0 Å². The summed E-state index contributed by atoms with van der Waals surface area (Å²) in [5.74, 6) is 0. The average Bonchev–Trinajstić information content (AvgIpc) is 3.06. The van der Waals surface area contributed by atoms with Crippen LogP contribution in [0.25, 0.3) is 10.2 Å². The van der Waals surface area contributed by atoms with E-state index in [9.17, 15) is 0 Å². The van der Waals surface area contributed by atoms with Crippen molar-refractivity contribution < 1.29 is 0 Å². The fourth-order valence-electron chi connectivity index (χ4n) is 2.47. The van der Waals surface area contributed by atoms with Crippen molar-refractivity contribution in [1.29, 1.82) is 0 Å². The highest BCUT2D eigenvalue weighted by atomic mass is 32.1. The summed E-state index contributed by atoms with van der Waals surface area (Å²) in [6, 6.07) is 9.02. The van der Waals surface area contributed by atoms with Crippen molar-refractivity contribution in [3.63, 3.8) is 0 Å². The smallest absolute Gasteiger partial charge is 0.137 e. The lowest BCUT2D eigenvalue weighted by Gasteiger charge is -2.19. The second-order valence-corrected chi connectivity index (χ2v) is 6.48. The maximum Gasteiger partial charge on any atom is 0.137 e. The average molecular weight is 301 g/mol.